The summed E-state index contributed by atoms with van der Waals surface area (Å²) in [7, 11) is 1.59. The molecule has 34 heavy (non-hydrogen) atoms. The highest BCUT2D eigenvalue weighted by Gasteiger charge is 2.52. The zero-order chi connectivity index (χ0) is 23.9. The first-order chi connectivity index (χ1) is 16.4. The van der Waals surface area contributed by atoms with Crippen molar-refractivity contribution in [3.63, 3.8) is 0 Å². The maximum atomic E-state index is 13.5. The minimum atomic E-state index is -0.978. The first-order valence-electron chi connectivity index (χ1n) is 11.1. The number of carbonyl (C=O) groups is 2. The van der Waals surface area contributed by atoms with Crippen LogP contribution < -0.4 is 14.8 Å². The largest absolute Gasteiger partial charge is 0.497 e. The van der Waals surface area contributed by atoms with E-state index in [-0.39, 0.29) is 23.6 Å². The van der Waals surface area contributed by atoms with Crippen molar-refractivity contribution in [2.24, 2.45) is 0 Å². The van der Waals surface area contributed by atoms with Gasteiger partial charge in [-0.1, -0.05) is 35.9 Å². The normalized spacial score (nSPS) is 19.9. The number of aromatic carboxylic acids is 1. The number of amides is 1. The van der Waals surface area contributed by atoms with E-state index in [4.69, 9.17) is 21.1 Å². The molecule has 3 aromatic carbocycles. The van der Waals surface area contributed by atoms with Gasteiger partial charge in [0.25, 0.3) is 0 Å². The fourth-order valence-corrected chi connectivity index (χ4v) is 4.72. The van der Waals surface area contributed by atoms with Gasteiger partial charge in [-0.05, 0) is 60.4 Å². The highest BCUT2D eigenvalue weighted by atomic mass is 35.5. The maximum Gasteiger partial charge on any atom is 0.335 e. The fraction of sp³-hybridized carbons (Fsp3) is 0.259. The number of halogens is 1. The van der Waals surface area contributed by atoms with E-state index >= 15 is 0 Å². The lowest BCUT2D eigenvalue weighted by Crippen LogP contribution is -2.39. The summed E-state index contributed by atoms with van der Waals surface area (Å²) in [6.45, 7) is 0. The summed E-state index contributed by atoms with van der Waals surface area (Å²) in [5.41, 5.74) is 2.38. The molecule has 1 heterocycles. The lowest BCUT2D eigenvalue weighted by molar-refractivity contribution is -0.124. The molecule has 0 spiro atoms. The average molecular weight is 478 g/mol. The van der Waals surface area contributed by atoms with Gasteiger partial charge in [-0.3, -0.25) is 4.79 Å². The van der Waals surface area contributed by atoms with Gasteiger partial charge in [0.2, 0.25) is 5.91 Å². The van der Waals surface area contributed by atoms with Crippen molar-refractivity contribution >= 4 is 23.5 Å². The van der Waals surface area contributed by atoms with Gasteiger partial charge in [-0.25, -0.2) is 4.79 Å². The lowest BCUT2D eigenvalue weighted by Gasteiger charge is -2.34. The average Bonchev–Trinajstić information content (AvgIpc) is 3.66. The molecule has 1 saturated carbocycles. The molecule has 0 unspecified atom stereocenters. The number of rotatable bonds is 6. The molecule has 0 aromatic heterocycles. The Hall–Kier alpha value is -3.51. The summed E-state index contributed by atoms with van der Waals surface area (Å²) < 4.78 is 11.6. The molecule has 1 aliphatic heterocycles. The van der Waals surface area contributed by atoms with Crippen LogP contribution in [-0.4, -0.2) is 24.1 Å². The van der Waals surface area contributed by atoms with Gasteiger partial charge in [-0.2, -0.15) is 0 Å². The molecule has 6 nitrogen and oxygen atoms in total. The van der Waals surface area contributed by atoms with Crippen LogP contribution in [0.1, 0.15) is 58.5 Å². The predicted octanol–water partition coefficient (Wildman–Crippen LogP) is 5.46. The summed E-state index contributed by atoms with van der Waals surface area (Å²) in [5.74, 6) is 0.307. The van der Waals surface area contributed by atoms with Crippen LogP contribution in [0.25, 0.3) is 0 Å². The Morgan fingerprint density at radius 1 is 1.06 bits per heavy atom. The Labute approximate surface area is 202 Å². The molecule has 2 N–H and O–H groups in total. The van der Waals surface area contributed by atoms with Gasteiger partial charge in [0.15, 0.2) is 0 Å². The first-order valence-corrected chi connectivity index (χ1v) is 11.5. The van der Waals surface area contributed by atoms with E-state index in [1.54, 1.807) is 31.4 Å². The molecule has 5 rings (SSSR count). The molecule has 0 bridgehead atoms. The Balaban J connectivity index is 1.44. The van der Waals surface area contributed by atoms with Crippen LogP contribution in [0, 0.1) is 0 Å². The number of methoxy groups -OCH3 is 1. The second kappa shape index (κ2) is 8.69. The standard InChI is InChI=1S/C27H24ClNO5/c1-33-20-10-11-21-22(29-26(32)27(12-13-27)18-6-8-19(28)9-7-18)15-23(34-24(21)14-20)16-2-4-17(5-3-16)25(30)31/h2-11,14,22-23H,12-13,15H2,1H3,(H,29,32)(H,30,31)/t22-,23-/m1/s1. The van der Waals surface area contributed by atoms with Crippen LogP contribution in [0.5, 0.6) is 11.5 Å². The number of fused-ring (bicyclic) bond motifs is 1. The molecular formula is C27H24ClNO5. The number of carboxylic acids is 1. The summed E-state index contributed by atoms with van der Waals surface area (Å²) >= 11 is 6.04. The first kappa shape index (κ1) is 22.3. The van der Waals surface area contributed by atoms with E-state index in [1.165, 1.54) is 0 Å². The van der Waals surface area contributed by atoms with Crippen molar-refractivity contribution in [1.82, 2.24) is 5.32 Å². The van der Waals surface area contributed by atoms with Crippen LogP contribution in [0.15, 0.2) is 66.7 Å². The Morgan fingerprint density at radius 3 is 2.38 bits per heavy atom. The number of carbonyl (C=O) groups excluding carboxylic acids is 1. The molecule has 0 radical (unpaired) electrons. The van der Waals surface area contributed by atoms with Crippen LogP contribution in [0.2, 0.25) is 5.02 Å². The Kier molecular flexibility index (Phi) is 5.70. The molecule has 1 amide bonds. The van der Waals surface area contributed by atoms with Crippen molar-refractivity contribution in [3.05, 3.63) is 94.0 Å². The van der Waals surface area contributed by atoms with E-state index in [9.17, 15) is 14.7 Å². The van der Waals surface area contributed by atoms with Crippen LogP contribution >= 0.6 is 11.6 Å². The SMILES string of the molecule is COc1ccc2c(c1)O[C@@H](c1ccc(C(=O)O)cc1)C[C@H]2NC(=O)C1(c2ccc(Cl)cc2)CC1. The minimum absolute atomic E-state index is 0.0107. The number of hydrogen-bond donors (Lipinski definition) is 2. The molecule has 1 fully saturated rings. The van der Waals surface area contributed by atoms with Gasteiger partial charge < -0.3 is 19.9 Å². The molecular weight excluding hydrogens is 454 g/mol. The van der Waals surface area contributed by atoms with E-state index in [0.29, 0.717) is 22.9 Å². The van der Waals surface area contributed by atoms with Crippen LogP contribution in [-0.2, 0) is 10.2 Å². The number of ether oxygens (including phenoxy) is 2. The van der Waals surface area contributed by atoms with Gasteiger partial charge in [-0.15, -0.1) is 0 Å². The number of hydrogen-bond acceptors (Lipinski definition) is 4. The maximum absolute atomic E-state index is 13.5. The second-order valence-electron chi connectivity index (χ2n) is 8.79. The van der Waals surface area contributed by atoms with Gasteiger partial charge in [0, 0.05) is 23.1 Å². The fourth-order valence-electron chi connectivity index (χ4n) is 4.59. The highest BCUT2D eigenvalue weighted by Crippen LogP contribution is 2.50. The van der Waals surface area contributed by atoms with E-state index < -0.39 is 11.4 Å². The summed E-state index contributed by atoms with van der Waals surface area (Å²) in [5, 5.41) is 13.1. The Morgan fingerprint density at radius 2 is 1.76 bits per heavy atom. The van der Waals surface area contributed by atoms with Crippen molar-refractivity contribution in [2.75, 3.05) is 7.11 Å². The molecule has 1 aliphatic carbocycles. The van der Waals surface area contributed by atoms with Crippen molar-refractivity contribution in [1.29, 1.82) is 0 Å². The van der Waals surface area contributed by atoms with E-state index in [0.717, 1.165) is 29.5 Å². The lowest BCUT2D eigenvalue weighted by atomic mass is 9.90. The number of nitrogens with one attached hydrogen (secondary N) is 1. The molecule has 0 saturated heterocycles. The molecule has 174 valence electrons. The van der Waals surface area contributed by atoms with Crippen molar-refractivity contribution in [3.8, 4) is 11.5 Å². The van der Waals surface area contributed by atoms with Gasteiger partial charge >= 0.3 is 5.97 Å². The van der Waals surface area contributed by atoms with Crippen LogP contribution in [0.4, 0.5) is 0 Å². The highest BCUT2D eigenvalue weighted by molar-refractivity contribution is 6.30. The summed E-state index contributed by atoms with van der Waals surface area (Å²) in [6.07, 6.45) is 1.76. The van der Waals surface area contributed by atoms with Crippen LogP contribution in [0.3, 0.4) is 0 Å². The quantitative estimate of drug-likeness (QED) is 0.492. The zero-order valence-electron chi connectivity index (χ0n) is 18.6. The number of benzene rings is 3. The minimum Gasteiger partial charge on any atom is -0.497 e. The van der Waals surface area contributed by atoms with E-state index in [2.05, 4.69) is 5.32 Å². The summed E-state index contributed by atoms with van der Waals surface area (Å²) in [6, 6.07) is 19.4. The van der Waals surface area contributed by atoms with Gasteiger partial charge in [0.05, 0.1) is 24.1 Å². The molecule has 2 atom stereocenters. The Bertz CT molecular complexity index is 1230. The smallest absolute Gasteiger partial charge is 0.335 e. The van der Waals surface area contributed by atoms with E-state index in [1.807, 2.05) is 42.5 Å². The molecule has 3 aromatic rings. The van der Waals surface area contributed by atoms with Gasteiger partial charge in [0.1, 0.15) is 17.6 Å². The molecule has 7 heteroatoms. The third kappa shape index (κ3) is 4.10. The topological polar surface area (TPSA) is 84.9 Å². The summed E-state index contributed by atoms with van der Waals surface area (Å²) in [4.78, 5) is 24.7. The van der Waals surface area contributed by atoms with Crippen molar-refractivity contribution in [2.45, 2.75) is 36.8 Å². The predicted molar refractivity (Wildman–Crippen MR) is 128 cm³/mol. The number of carboxylic acid groups (broad SMARTS) is 1. The zero-order valence-corrected chi connectivity index (χ0v) is 19.3. The van der Waals surface area contributed by atoms with Crippen molar-refractivity contribution < 1.29 is 24.2 Å². The third-order valence-electron chi connectivity index (χ3n) is 6.73. The third-order valence-corrected chi connectivity index (χ3v) is 6.98. The molecule has 2 aliphatic rings. The monoisotopic (exact) mass is 477 g/mol. The second-order valence-corrected chi connectivity index (χ2v) is 9.22.